The van der Waals surface area contributed by atoms with Crippen LogP contribution in [-0.2, 0) is 0 Å². The SMILES string of the molecule is Cc1c(C)c(C)[n]([Sn]([CH3])([CH3])[CH3])c1C. The van der Waals surface area contributed by atoms with Crippen LogP contribution in [-0.4, -0.2) is 21.4 Å². The Morgan fingerprint density at radius 1 is 0.769 bits per heavy atom. The van der Waals surface area contributed by atoms with E-state index in [4.69, 9.17) is 0 Å². The minimum absolute atomic E-state index is 1.49. The molecule has 0 aromatic carbocycles. The average Bonchev–Trinajstić information content (AvgIpc) is 2.14. The second kappa shape index (κ2) is 3.34. The Morgan fingerprint density at radius 2 is 1.08 bits per heavy atom. The molecule has 1 aromatic heterocycles. The zero-order valence-corrected chi connectivity index (χ0v) is 12.8. The fourth-order valence-corrected chi connectivity index (χ4v) is 8.84. The number of hydrogen-bond donors (Lipinski definition) is 0. The Hall–Kier alpha value is 0.0787. The second-order valence-corrected chi connectivity index (χ2v) is 18.6. The normalized spacial score (nSPS) is 12.2. The summed E-state index contributed by atoms with van der Waals surface area (Å²) in [7, 11) is 0. The van der Waals surface area contributed by atoms with E-state index in [-0.39, 0.29) is 0 Å². The summed E-state index contributed by atoms with van der Waals surface area (Å²) in [5, 5.41) is 0. The van der Waals surface area contributed by atoms with Crippen LogP contribution in [0.3, 0.4) is 0 Å². The standard InChI is InChI=1S/C8H12N.3CH3.Sn/c1-5-6(2)8(4)9-7(5)3;;;;/h1-4H3;3*1H3;/q-1;;;;+1. The van der Waals surface area contributed by atoms with E-state index in [0.29, 0.717) is 0 Å². The van der Waals surface area contributed by atoms with Gasteiger partial charge in [0.05, 0.1) is 0 Å². The Balaban J connectivity index is 3.47. The van der Waals surface area contributed by atoms with E-state index in [1.807, 2.05) is 0 Å². The molecule has 0 saturated heterocycles. The molecule has 0 saturated carbocycles. The van der Waals surface area contributed by atoms with Gasteiger partial charge in [-0.2, -0.15) is 0 Å². The summed E-state index contributed by atoms with van der Waals surface area (Å²) in [5.74, 6) is 0. The zero-order valence-electron chi connectivity index (χ0n) is 9.95. The van der Waals surface area contributed by atoms with Crippen LogP contribution in [0.25, 0.3) is 0 Å². The molecule has 0 radical (unpaired) electrons. The summed E-state index contributed by atoms with van der Waals surface area (Å²) in [6.07, 6.45) is 0. The monoisotopic (exact) mass is 287 g/mol. The molecule has 0 N–H and O–H groups in total. The molecule has 0 atom stereocenters. The number of nitrogens with zero attached hydrogens (tertiary/aromatic N) is 1. The van der Waals surface area contributed by atoms with Gasteiger partial charge < -0.3 is 0 Å². The molecule has 0 unspecified atom stereocenters. The van der Waals surface area contributed by atoms with Crippen molar-refractivity contribution in [2.24, 2.45) is 0 Å². The first-order chi connectivity index (χ1) is 5.76. The van der Waals surface area contributed by atoms with Crippen molar-refractivity contribution in [2.45, 2.75) is 42.5 Å². The van der Waals surface area contributed by atoms with Gasteiger partial charge in [-0.05, 0) is 0 Å². The molecule has 13 heavy (non-hydrogen) atoms. The van der Waals surface area contributed by atoms with E-state index in [1.54, 1.807) is 0 Å². The van der Waals surface area contributed by atoms with E-state index >= 15 is 0 Å². The van der Waals surface area contributed by atoms with Gasteiger partial charge in [-0.1, -0.05) is 0 Å². The van der Waals surface area contributed by atoms with Crippen molar-refractivity contribution in [3.8, 4) is 0 Å². The van der Waals surface area contributed by atoms with Gasteiger partial charge in [-0.3, -0.25) is 0 Å². The van der Waals surface area contributed by atoms with Gasteiger partial charge in [0.1, 0.15) is 0 Å². The number of rotatable bonds is 1. The van der Waals surface area contributed by atoms with E-state index in [0.717, 1.165) is 0 Å². The van der Waals surface area contributed by atoms with E-state index in [2.05, 4.69) is 45.3 Å². The molecule has 0 spiro atoms. The molecule has 2 heteroatoms. The van der Waals surface area contributed by atoms with Gasteiger partial charge in [-0.25, -0.2) is 0 Å². The number of hydrogen-bond acceptors (Lipinski definition) is 0. The molecular formula is C11H21NSn. The number of aromatic nitrogens is 1. The van der Waals surface area contributed by atoms with Crippen molar-refractivity contribution in [3.05, 3.63) is 22.5 Å². The second-order valence-electron chi connectivity index (χ2n) is 4.93. The summed E-state index contributed by atoms with van der Waals surface area (Å²) in [6.45, 7) is 9.01. The van der Waals surface area contributed by atoms with Crippen LogP contribution in [0.5, 0.6) is 0 Å². The van der Waals surface area contributed by atoms with Crippen molar-refractivity contribution in [1.82, 2.24) is 2.79 Å². The minimum atomic E-state index is -1.94. The topological polar surface area (TPSA) is 4.93 Å². The van der Waals surface area contributed by atoms with Gasteiger partial charge >= 0.3 is 86.5 Å². The van der Waals surface area contributed by atoms with Crippen molar-refractivity contribution < 1.29 is 0 Å². The van der Waals surface area contributed by atoms with Gasteiger partial charge in [0.2, 0.25) is 0 Å². The molecular weight excluding hydrogens is 265 g/mol. The third-order valence-corrected chi connectivity index (χ3v) is 8.73. The Bertz CT molecular complexity index is 303. The van der Waals surface area contributed by atoms with Crippen LogP contribution in [0.1, 0.15) is 22.5 Å². The maximum absolute atomic E-state index is 2.64. The van der Waals surface area contributed by atoms with Crippen molar-refractivity contribution in [3.63, 3.8) is 0 Å². The summed E-state index contributed by atoms with van der Waals surface area (Å²) in [6, 6.07) is 0. The first kappa shape index (κ1) is 11.2. The molecule has 0 aliphatic carbocycles. The Morgan fingerprint density at radius 3 is 1.23 bits per heavy atom. The third kappa shape index (κ3) is 1.80. The molecule has 1 heterocycles. The van der Waals surface area contributed by atoms with Crippen molar-refractivity contribution >= 4 is 18.7 Å². The summed E-state index contributed by atoms with van der Waals surface area (Å²) >= 11 is -1.94. The molecule has 1 nitrogen and oxygen atoms in total. The van der Waals surface area contributed by atoms with Crippen LogP contribution in [0.15, 0.2) is 0 Å². The summed E-state index contributed by atoms with van der Waals surface area (Å²) < 4.78 is 2.64. The van der Waals surface area contributed by atoms with Crippen LogP contribution in [0.4, 0.5) is 0 Å². The molecule has 1 rings (SSSR count). The summed E-state index contributed by atoms with van der Waals surface area (Å²) in [4.78, 5) is 7.40. The molecule has 0 aliphatic heterocycles. The molecule has 74 valence electrons. The first-order valence-corrected chi connectivity index (χ1v) is 14.8. The fourth-order valence-electron chi connectivity index (χ4n) is 2.14. The van der Waals surface area contributed by atoms with E-state index in [1.165, 1.54) is 22.5 Å². The zero-order chi connectivity index (χ0) is 10.4. The molecule has 0 amide bonds. The van der Waals surface area contributed by atoms with Crippen LogP contribution < -0.4 is 0 Å². The Kier molecular flexibility index (Phi) is 2.86. The predicted octanol–water partition coefficient (Wildman–Crippen LogP) is 3.40. The molecule has 0 aliphatic rings. The Labute approximate surface area is 86.4 Å². The van der Waals surface area contributed by atoms with Gasteiger partial charge in [0, 0.05) is 0 Å². The maximum atomic E-state index is 2.64. The molecule has 1 aromatic rings. The first-order valence-electron chi connectivity index (χ1n) is 4.92. The quantitative estimate of drug-likeness (QED) is 0.697. The fraction of sp³-hybridized carbons (Fsp3) is 0.636. The van der Waals surface area contributed by atoms with Crippen LogP contribution in [0.2, 0.25) is 14.8 Å². The van der Waals surface area contributed by atoms with Crippen molar-refractivity contribution in [1.29, 1.82) is 0 Å². The van der Waals surface area contributed by atoms with Gasteiger partial charge in [0.15, 0.2) is 0 Å². The van der Waals surface area contributed by atoms with E-state index in [9.17, 15) is 0 Å². The van der Waals surface area contributed by atoms with E-state index < -0.39 is 18.7 Å². The third-order valence-electron chi connectivity index (χ3n) is 2.99. The van der Waals surface area contributed by atoms with Gasteiger partial charge in [-0.15, -0.1) is 0 Å². The average molecular weight is 286 g/mol. The van der Waals surface area contributed by atoms with Crippen LogP contribution >= 0.6 is 0 Å². The van der Waals surface area contributed by atoms with Gasteiger partial charge in [0.25, 0.3) is 0 Å². The molecule has 0 bridgehead atoms. The van der Waals surface area contributed by atoms with Crippen molar-refractivity contribution in [2.75, 3.05) is 0 Å². The predicted molar refractivity (Wildman–Crippen MR) is 62.1 cm³/mol. The van der Waals surface area contributed by atoms with Crippen LogP contribution in [0, 0.1) is 27.7 Å². The summed E-state index contributed by atoms with van der Waals surface area (Å²) in [5.41, 5.74) is 5.98. The molecule has 0 fully saturated rings.